The highest BCUT2D eigenvalue weighted by Crippen LogP contribution is 2.56. The Morgan fingerprint density at radius 3 is 2.67 bits per heavy atom. The third kappa shape index (κ3) is 2.33. The van der Waals surface area contributed by atoms with E-state index in [1.165, 1.54) is 35.7 Å². The molecule has 2 aliphatic rings. The van der Waals surface area contributed by atoms with E-state index in [0.717, 1.165) is 12.2 Å². The van der Waals surface area contributed by atoms with Gasteiger partial charge >= 0.3 is 0 Å². The number of rotatable bonds is 2. The number of hydrogen-bond donors (Lipinski definition) is 0. The van der Waals surface area contributed by atoms with Gasteiger partial charge in [0.1, 0.15) is 11.9 Å². The Morgan fingerprint density at radius 1 is 1.22 bits per heavy atom. The largest absolute Gasteiger partial charge is 0.490 e. The molecule has 3 heteroatoms. The lowest BCUT2D eigenvalue weighted by Gasteiger charge is -2.55. The molecule has 2 fully saturated rings. The standard InChI is InChI=1S/C15H18BrIO/c16-13-10-14(15(13)7-2-1-3-8-15)18-12-6-4-5-11(17)9-12/h4-6,9,13-14H,1-3,7-8,10H2. The highest BCUT2D eigenvalue weighted by molar-refractivity contribution is 14.1. The average Bonchev–Trinajstić information content (AvgIpc) is 2.39. The molecule has 18 heavy (non-hydrogen) atoms. The minimum absolute atomic E-state index is 0.416. The second-order valence-corrected chi connectivity index (χ2v) is 7.91. The average molecular weight is 421 g/mol. The first kappa shape index (κ1) is 13.2. The van der Waals surface area contributed by atoms with Crippen molar-refractivity contribution in [1.29, 1.82) is 0 Å². The van der Waals surface area contributed by atoms with Gasteiger partial charge in [-0.1, -0.05) is 41.3 Å². The van der Waals surface area contributed by atoms with E-state index < -0.39 is 0 Å². The van der Waals surface area contributed by atoms with E-state index in [4.69, 9.17) is 4.74 Å². The van der Waals surface area contributed by atoms with Crippen molar-refractivity contribution in [3.8, 4) is 5.75 Å². The summed E-state index contributed by atoms with van der Waals surface area (Å²) in [6.07, 6.45) is 8.38. The van der Waals surface area contributed by atoms with E-state index in [1.54, 1.807) is 0 Å². The van der Waals surface area contributed by atoms with Crippen molar-refractivity contribution >= 4 is 38.5 Å². The van der Waals surface area contributed by atoms with Crippen LogP contribution in [-0.2, 0) is 0 Å². The highest BCUT2D eigenvalue weighted by atomic mass is 127. The minimum atomic E-state index is 0.416. The van der Waals surface area contributed by atoms with Gasteiger partial charge in [0.15, 0.2) is 0 Å². The van der Waals surface area contributed by atoms with Crippen LogP contribution in [0, 0.1) is 8.99 Å². The fraction of sp³-hybridized carbons (Fsp3) is 0.600. The number of alkyl halides is 1. The highest BCUT2D eigenvalue weighted by Gasteiger charge is 2.55. The molecule has 0 aromatic heterocycles. The van der Waals surface area contributed by atoms with Crippen LogP contribution in [0.2, 0.25) is 0 Å². The molecule has 0 N–H and O–H groups in total. The molecule has 1 aromatic carbocycles. The minimum Gasteiger partial charge on any atom is -0.490 e. The number of benzene rings is 1. The molecule has 0 bridgehead atoms. The van der Waals surface area contributed by atoms with Crippen molar-refractivity contribution < 1.29 is 4.74 Å². The second-order valence-electron chi connectivity index (χ2n) is 5.56. The first-order chi connectivity index (χ1) is 8.71. The zero-order chi connectivity index (χ0) is 12.6. The molecule has 1 nitrogen and oxygen atoms in total. The van der Waals surface area contributed by atoms with Crippen molar-refractivity contribution in [1.82, 2.24) is 0 Å². The van der Waals surface area contributed by atoms with Crippen LogP contribution in [0.4, 0.5) is 0 Å². The molecule has 3 rings (SSSR count). The Bertz CT molecular complexity index is 428. The van der Waals surface area contributed by atoms with Gasteiger partial charge in [-0.2, -0.15) is 0 Å². The SMILES string of the molecule is BrC1CC(Oc2cccc(I)c2)C12CCCCC2. The first-order valence-corrected chi connectivity index (χ1v) is 8.76. The van der Waals surface area contributed by atoms with Crippen molar-refractivity contribution in [2.24, 2.45) is 5.41 Å². The maximum atomic E-state index is 6.26. The van der Waals surface area contributed by atoms with Gasteiger partial charge < -0.3 is 4.74 Å². The summed E-state index contributed by atoms with van der Waals surface area (Å²) in [7, 11) is 0. The summed E-state index contributed by atoms with van der Waals surface area (Å²) in [5.41, 5.74) is 0.416. The monoisotopic (exact) mass is 420 g/mol. The van der Waals surface area contributed by atoms with E-state index >= 15 is 0 Å². The van der Waals surface area contributed by atoms with Crippen molar-refractivity contribution in [3.63, 3.8) is 0 Å². The molecule has 0 heterocycles. The first-order valence-electron chi connectivity index (χ1n) is 6.77. The topological polar surface area (TPSA) is 9.23 Å². The summed E-state index contributed by atoms with van der Waals surface area (Å²) < 4.78 is 7.51. The van der Waals surface area contributed by atoms with E-state index in [1.807, 2.05) is 0 Å². The Hall–Kier alpha value is 0.230. The molecule has 0 radical (unpaired) electrons. The molecule has 1 aromatic rings. The third-order valence-corrected chi connectivity index (χ3v) is 6.50. The molecule has 98 valence electrons. The van der Waals surface area contributed by atoms with Crippen LogP contribution >= 0.6 is 38.5 Å². The molecule has 2 saturated carbocycles. The third-order valence-electron chi connectivity index (χ3n) is 4.54. The Labute approximate surface area is 131 Å². The molecule has 2 aliphatic carbocycles. The van der Waals surface area contributed by atoms with Gasteiger partial charge in [-0.05, 0) is 60.1 Å². The smallest absolute Gasteiger partial charge is 0.120 e. The van der Waals surface area contributed by atoms with Gasteiger partial charge in [0.25, 0.3) is 0 Å². The second kappa shape index (κ2) is 5.31. The van der Waals surface area contributed by atoms with Gasteiger partial charge in [-0.3, -0.25) is 0 Å². The van der Waals surface area contributed by atoms with E-state index in [-0.39, 0.29) is 0 Å². The van der Waals surface area contributed by atoms with Crippen LogP contribution in [0.5, 0.6) is 5.75 Å². The molecule has 0 amide bonds. The summed E-state index contributed by atoms with van der Waals surface area (Å²) in [5, 5.41) is 0. The van der Waals surface area contributed by atoms with Crippen LogP contribution in [0.3, 0.4) is 0 Å². The van der Waals surface area contributed by atoms with Crippen LogP contribution in [0.1, 0.15) is 38.5 Å². The molecular formula is C15H18BrIO. The van der Waals surface area contributed by atoms with Gasteiger partial charge in [-0.15, -0.1) is 0 Å². The van der Waals surface area contributed by atoms with Gasteiger partial charge in [0.2, 0.25) is 0 Å². The maximum Gasteiger partial charge on any atom is 0.120 e. The molecule has 1 spiro atoms. The lowest BCUT2D eigenvalue weighted by molar-refractivity contribution is -0.0601. The summed E-state index contributed by atoms with van der Waals surface area (Å²) >= 11 is 6.21. The van der Waals surface area contributed by atoms with Gasteiger partial charge in [0, 0.05) is 13.8 Å². The molecule has 2 atom stereocenters. The molecule has 0 aliphatic heterocycles. The van der Waals surface area contributed by atoms with Crippen molar-refractivity contribution in [2.75, 3.05) is 0 Å². The summed E-state index contributed by atoms with van der Waals surface area (Å²) in [6, 6.07) is 8.41. The number of ether oxygens (including phenoxy) is 1. The summed E-state index contributed by atoms with van der Waals surface area (Å²) in [4.78, 5) is 0.665. The fourth-order valence-electron chi connectivity index (χ4n) is 3.41. The van der Waals surface area contributed by atoms with E-state index in [0.29, 0.717) is 16.3 Å². The van der Waals surface area contributed by atoms with E-state index in [2.05, 4.69) is 62.8 Å². The normalized spacial score (nSPS) is 29.9. The van der Waals surface area contributed by atoms with Crippen LogP contribution in [0.15, 0.2) is 24.3 Å². The van der Waals surface area contributed by atoms with Gasteiger partial charge in [0.05, 0.1) is 0 Å². The van der Waals surface area contributed by atoms with Crippen LogP contribution in [-0.4, -0.2) is 10.9 Å². The van der Waals surface area contributed by atoms with Crippen molar-refractivity contribution in [3.05, 3.63) is 27.8 Å². The number of hydrogen-bond acceptors (Lipinski definition) is 1. The van der Waals surface area contributed by atoms with Crippen LogP contribution in [0.25, 0.3) is 0 Å². The van der Waals surface area contributed by atoms with Crippen LogP contribution < -0.4 is 4.74 Å². The fourth-order valence-corrected chi connectivity index (χ4v) is 5.02. The summed E-state index contributed by atoms with van der Waals surface area (Å²) in [6.45, 7) is 0. The lowest BCUT2D eigenvalue weighted by Crippen LogP contribution is -2.57. The lowest BCUT2D eigenvalue weighted by atomic mass is 9.58. The predicted molar refractivity (Wildman–Crippen MR) is 86.4 cm³/mol. The number of halogens is 2. The van der Waals surface area contributed by atoms with E-state index in [9.17, 15) is 0 Å². The molecular weight excluding hydrogens is 403 g/mol. The zero-order valence-electron chi connectivity index (χ0n) is 10.4. The van der Waals surface area contributed by atoms with Gasteiger partial charge in [-0.25, -0.2) is 0 Å². The molecule has 0 saturated heterocycles. The Balaban J connectivity index is 1.73. The zero-order valence-corrected chi connectivity index (χ0v) is 14.1. The Morgan fingerprint density at radius 2 is 2.00 bits per heavy atom. The quantitative estimate of drug-likeness (QED) is 0.474. The predicted octanol–water partition coefficient (Wildman–Crippen LogP) is 5.16. The Kier molecular flexibility index (Phi) is 3.90. The molecule has 2 unspecified atom stereocenters. The maximum absolute atomic E-state index is 6.26. The summed E-state index contributed by atoms with van der Waals surface area (Å²) in [5.74, 6) is 1.04. The van der Waals surface area contributed by atoms with Crippen molar-refractivity contribution in [2.45, 2.75) is 49.5 Å².